The number of hydrogen-bond donors (Lipinski definition) is 1. The Morgan fingerprint density at radius 2 is 1.79 bits per heavy atom. The first kappa shape index (κ1) is 15.6. The maximum Gasteiger partial charge on any atom is 0.250 e. The molecule has 0 atom stereocenters. The Morgan fingerprint density at radius 1 is 1.16 bits per heavy atom. The third-order valence-corrected chi connectivity index (χ3v) is 7.97. The fourth-order valence-corrected chi connectivity index (χ4v) is 2.41. The second-order valence-electron chi connectivity index (χ2n) is 6.09. The van der Waals surface area contributed by atoms with Crippen molar-refractivity contribution >= 4 is 14.4 Å². The van der Waals surface area contributed by atoms with Crippen LogP contribution in [0.4, 0.5) is 0 Å². The van der Waals surface area contributed by atoms with E-state index in [4.69, 9.17) is 14.3 Å². The molecule has 0 unspecified atom stereocenters. The molecule has 0 radical (unpaired) electrons. The van der Waals surface area contributed by atoms with Crippen molar-refractivity contribution < 1.29 is 14.3 Å². The monoisotopic (exact) mass is 280 g/mol. The highest BCUT2D eigenvalue weighted by atomic mass is 28.4. The first-order chi connectivity index (χ1) is 8.71. The lowest BCUT2D eigenvalue weighted by Gasteiger charge is -2.36. The number of hydrogen-bond acceptors (Lipinski definition) is 3. The molecule has 0 spiro atoms. The Hall–Kier alpha value is -1.42. The molecule has 1 rings (SSSR count). The first-order valence-corrected chi connectivity index (χ1v) is 9.30. The van der Waals surface area contributed by atoms with Gasteiger partial charge in [0.15, 0.2) is 5.75 Å². The molecule has 1 aromatic rings. The molecule has 0 saturated carbocycles. The summed E-state index contributed by atoms with van der Waals surface area (Å²) in [6.45, 7) is 11.0. The standard InChI is InChI=1S/C15H24O3Si/c1-15(2,3)19(5,6)18-13-8-7-12(9-10-16)11-14(13)17-4/h7-11,16H,1-6H3/b10-9+. The minimum absolute atomic E-state index is 0.141. The van der Waals surface area contributed by atoms with Gasteiger partial charge in [-0.05, 0) is 41.9 Å². The van der Waals surface area contributed by atoms with Crippen LogP contribution in [0.5, 0.6) is 11.5 Å². The Morgan fingerprint density at radius 3 is 2.26 bits per heavy atom. The molecule has 4 heteroatoms. The van der Waals surface area contributed by atoms with Gasteiger partial charge in [0.05, 0.1) is 13.4 Å². The fourth-order valence-electron chi connectivity index (χ4n) is 1.39. The van der Waals surface area contributed by atoms with Crippen LogP contribution in [0.15, 0.2) is 24.5 Å². The van der Waals surface area contributed by atoms with E-state index in [1.54, 1.807) is 13.2 Å². The van der Waals surface area contributed by atoms with E-state index < -0.39 is 8.32 Å². The zero-order chi connectivity index (χ0) is 14.7. The van der Waals surface area contributed by atoms with Gasteiger partial charge in [-0.3, -0.25) is 0 Å². The van der Waals surface area contributed by atoms with Gasteiger partial charge in [0.25, 0.3) is 8.32 Å². The summed E-state index contributed by atoms with van der Waals surface area (Å²) in [5.41, 5.74) is 0.877. The third kappa shape index (κ3) is 3.77. The number of benzene rings is 1. The van der Waals surface area contributed by atoms with E-state index in [1.807, 2.05) is 18.2 Å². The van der Waals surface area contributed by atoms with Gasteiger partial charge in [0.2, 0.25) is 0 Å². The lowest BCUT2D eigenvalue weighted by Crippen LogP contribution is -2.43. The summed E-state index contributed by atoms with van der Waals surface area (Å²) in [7, 11) is -0.251. The number of aliphatic hydroxyl groups is 1. The summed E-state index contributed by atoms with van der Waals surface area (Å²) < 4.78 is 11.6. The lowest BCUT2D eigenvalue weighted by molar-refractivity contribution is 0.386. The Bertz CT molecular complexity index is 459. The van der Waals surface area contributed by atoms with Gasteiger partial charge in [-0.25, -0.2) is 0 Å². The van der Waals surface area contributed by atoms with Crippen molar-refractivity contribution in [3.05, 3.63) is 30.0 Å². The SMILES string of the molecule is COc1cc(/C=C/O)ccc1O[Si](C)(C)C(C)(C)C. The average Bonchev–Trinajstić information content (AvgIpc) is 2.29. The van der Waals surface area contributed by atoms with Crippen LogP contribution in [0.3, 0.4) is 0 Å². The molecule has 1 aromatic carbocycles. The van der Waals surface area contributed by atoms with Crippen LogP contribution >= 0.6 is 0 Å². The van der Waals surface area contributed by atoms with E-state index in [-0.39, 0.29) is 5.04 Å². The normalized spacial score (nSPS) is 12.7. The van der Waals surface area contributed by atoms with Crippen LogP contribution in [0.2, 0.25) is 18.1 Å². The fraction of sp³-hybridized carbons (Fsp3) is 0.467. The molecule has 0 aliphatic rings. The van der Waals surface area contributed by atoms with E-state index in [1.165, 1.54) is 0 Å². The van der Waals surface area contributed by atoms with Crippen molar-refractivity contribution in [2.24, 2.45) is 0 Å². The summed E-state index contributed by atoms with van der Waals surface area (Å²) in [6, 6.07) is 5.65. The van der Waals surface area contributed by atoms with Crippen molar-refractivity contribution in [2.75, 3.05) is 7.11 Å². The van der Waals surface area contributed by atoms with Crippen molar-refractivity contribution in [1.29, 1.82) is 0 Å². The van der Waals surface area contributed by atoms with Gasteiger partial charge in [0, 0.05) is 0 Å². The molecule has 1 N–H and O–H groups in total. The Kier molecular flexibility index (Phi) is 4.69. The molecule has 19 heavy (non-hydrogen) atoms. The van der Waals surface area contributed by atoms with Crippen LogP contribution in [-0.4, -0.2) is 20.5 Å². The zero-order valence-corrected chi connectivity index (χ0v) is 13.7. The third-order valence-electron chi connectivity index (χ3n) is 3.63. The van der Waals surface area contributed by atoms with Crippen molar-refractivity contribution in [3.8, 4) is 11.5 Å². The van der Waals surface area contributed by atoms with Gasteiger partial charge < -0.3 is 14.3 Å². The highest BCUT2D eigenvalue weighted by Gasteiger charge is 2.39. The van der Waals surface area contributed by atoms with E-state index in [2.05, 4.69) is 33.9 Å². The maximum absolute atomic E-state index is 8.80. The van der Waals surface area contributed by atoms with Crippen LogP contribution in [0, 0.1) is 0 Å². The molecule has 0 aliphatic heterocycles. The van der Waals surface area contributed by atoms with Gasteiger partial charge >= 0.3 is 0 Å². The minimum Gasteiger partial charge on any atom is -0.541 e. The Balaban J connectivity index is 3.08. The predicted octanol–water partition coefficient (Wildman–Crippen LogP) is 4.61. The van der Waals surface area contributed by atoms with Crippen LogP contribution < -0.4 is 9.16 Å². The molecule has 0 saturated heterocycles. The summed E-state index contributed by atoms with van der Waals surface area (Å²) >= 11 is 0. The number of ether oxygens (including phenoxy) is 1. The summed E-state index contributed by atoms with van der Waals surface area (Å²) in [5, 5.41) is 8.94. The van der Waals surface area contributed by atoms with E-state index in [0.29, 0.717) is 5.75 Å². The van der Waals surface area contributed by atoms with Crippen LogP contribution in [0.25, 0.3) is 6.08 Å². The molecular formula is C15H24O3Si. The molecule has 106 valence electrons. The zero-order valence-electron chi connectivity index (χ0n) is 12.7. The molecule has 0 aliphatic carbocycles. The van der Waals surface area contributed by atoms with Gasteiger partial charge in [-0.2, -0.15) is 0 Å². The highest BCUT2D eigenvalue weighted by molar-refractivity contribution is 6.74. The minimum atomic E-state index is -1.88. The van der Waals surface area contributed by atoms with Crippen molar-refractivity contribution in [2.45, 2.75) is 38.9 Å². The van der Waals surface area contributed by atoms with Crippen LogP contribution in [-0.2, 0) is 0 Å². The quantitative estimate of drug-likeness (QED) is 0.646. The molecule has 0 amide bonds. The lowest BCUT2D eigenvalue weighted by atomic mass is 10.2. The highest BCUT2D eigenvalue weighted by Crippen LogP contribution is 2.40. The predicted molar refractivity (Wildman–Crippen MR) is 82.5 cm³/mol. The molecule has 0 aromatic heterocycles. The van der Waals surface area contributed by atoms with Crippen molar-refractivity contribution in [1.82, 2.24) is 0 Å². The van der Waals surface area contributed by atoms with E-state index in [9.17, 15) is 0 Å². The smallest absolute Gasteiger partial charge is 0.250 e. The summed E-state index contributed by atoms with van der Waals surface area (Å²) in [4.78, 5) is 0. The first-order valence-electron chi connectivity index (χ1n) is 6.39. The Labute approximate surface area is 117 Å². The number of methoxy groups -OCH3 is 1. The second-order valence-corrected chi connectivity index (χ2v) is 10.8. The largest absolute Gasteiger partial charge is 0.541 e. The molecule has 0 heterocycles. The van der Waals surface area contributed by atoms with Crippen LogP contribution in [0.1, 0.15) is 26.3 Å². The van der Waals surface area contributed by atoms with Crippen molar-refractivity contribution in [3.63, 3.8) is 0 Å². The van der Waals surface area contributed by atoms with E-state index in [0.717, 1.165) is 17.6 Å². The molecular weight excluding hydrogens is 256 g/mol. The van der Waals surface area contributed by atoms with Gasteiger partial charge in [0.1, 0.15) is 5.75 Å². The molecule has 0 fully saturated rings. The van der Waals surface area contributed by atoms with Gasteiger partial charge in [-0.15, -0.1) is 0 Å². The number of rotatable bonds is 4. The maximum atomic E-state index is 8.80. The van der Waals surface area contributed by atoms with E-state index >= 15 is 0 Å². The average molecular weight is 280 g/mol. The second kappa shape index (κ2) is 5.69. The topological polar surface area (TPSA) is 38.7 Å². The number of aliphatic hydroxyl groups excluding tert-OH is 1. The van der Waals surface area contributed by atoms with Gasteiger partial charge in [-0.1, -0.05) is 26.8 Å². The summed E-state index contributed by atoms with van der Waals surface area (Å²) in [6.07, 6.45) is 2.63. The molecule has 0 bridgehead atoms. The summed E-state index contributed by atoms with van der Waals surface area (Å²) in [5.74, 6) is 1.46. The molecule has 3 nitrogen and oxygen atoms in total.